The summed E-state index contributed by atoms with van der Waals surface area (Å²) in [6, 6.07) is 0. The van der Waals surface area contributed by atoms with Crippen molar-refractivity contribution in [3.8, 4) is 5.75 Å². The first-order valence-electron chi connectivity index (χ1n) is 2.45. The van der Waals surface area contributed by atoms with E-state index in [9.17, 15) is 9.90 Å². The molecule has 0 aliphatic heterocycles. The normalized spacial score (nSPS) is 8.45. The van der Waals surface area contributed by atoms with Crippen LogP contribution in [0.25, 0.3) is 0 Å². The molecule has 0 fully saturated rings. The molecule has 0 atom stereocenters. The number of carboxylic acid groups (broad SMARTS) is 1. The molecule has 0 spiro atoms. The molecule has 0 aliphatic rings. The number of carbonyl (C=O) groups is 1. The summed E-state index contributed by atoms with van der Waals surface area (Å²) in [4.78, 5) is 10.1. The van der Waals surface area contributed by atoms with Gasteiger partial charge in [-0.2, -0.15) is 0 Å². The van der Waals surface area contributed by atoms with Gasteiger partial charge in [0.1, 0.15) is 0 Å². The number of ether oxygens (including phenoxy) is 1. The number of aromatic carboxylic acids is 1. The van der Waals surface area contributed by atoms with E-state index in [4.69, 9.17) is 0 Å². The SMILES string of the molecule is COc1conc1C(=O)[O-].[Li+]. The Balaban J connectivity index is 0.000001000. The quantitative estimate of drug-likeness (QED) is 0.401. The van der Waals surface area contributed by atoms with Gasteiger partial charge in [-0.1, -0.05) is 5.16 Å². The summed E-state index contributed by atoms with van der Waals surface area (Å²) in [7, 11) is 1.32. The van der Waals surface area contributed by atoms with Crippen molar-refractivity contribution in [1.82, 2.24) is 5.16 Å². The largest absolute Gasteiger partial charge is 1.00 e. The third-order valence-corrected chi connectivity index (χ3v) is 0.950. The maximum atomic E-state index is 10.1. The number of hydrogen-bond donors (Lipinski definition) is 0. The number of methoxy groups -OCH3 is 1. The summed E-state index contributed by atoms with van der Waals surface area (Å²) < 4.78 is 8.87. The van der Waals surface area contributed by atoms with E-state index in [-0.39, 0.29) is 30.3 Å². The van der Waals surface area contributed by atoms with Crippen molar-refractivity contribution >= 4 is 5.97 Å². The molecule has 6 heteroatoms. The van der Waals surface area contributed by atoms with Crippen LogP contribution in [-0.4, -0.2) is 18.2 Å². The molecule has 0 amide bonds. The first kappa shape index (κ1) is 10.1. The first-order chi connectivity index (χ1) is 4.75. The fourth-order valence-corrected chi connectivity index (χ4v) is 0.510. The van der Waals surface area contributed by atoms with Gasteiger partial charge in [-0.25, -0.2) is 0 Å². The van der Waals surface area contributed by atoms with Crippen LogP contribution < -0.4 is 28.7 Å². The molecule has 0 saturated heterocycles. The van der Waals surface area contributed by atoms with E-state index in [1.807, 2.05) is 0 Å². The van der Waals surface area contributed by atoms with Crippen molar-refractivity contribution in [3.05, 3.63) is 12.0 Å². The van der Waals surface area contributed by atoms with Crippen LogP contribution in [0.3, 0.4) is 0 Å². The molecule has 1 heterocycles. The number of rotatable bonds is 2. The zero-order valence-electron chi connectivity index (χ0n) is 6.16. The zero-order chi connectivity index (χ0) is 7.56. The number of carbonyl (C=O) groups excluding carboxylic acids is 1. The Morgan fingerprint density at radius 2 is 2.45 bits per heavy atom. The zero-order valence-corrected chi connectivity index (χ0v) is 6.16. The summed E-state index contributed by atoms with van der Waals surface area (Å²) in [5.74, 6) is -1.34. The summed E-state index contributed by atoms with van der Waals surface area (Å²) in [6.07, 6.45) is 1.09. The van der Waals surface area contributed by atoms with E-state index in [1.54, 1.807) is 0 Å². The summed E-state index contributed by atoms with van der Waals surface area (Å²) in [5, 5.41) is 13.3. The molecule has 54 valence electrons. The summed E-state index contributed by atoms with van der Waals surface area (Å²) in [6.45, 7) is 0. The summed E-state index contributed by atoms with van der Waals surface area (Å²) in [5.41, 5.74) is -0.317. The van der Waals surface area contributed by atoms with Crippen LogP contribution >= 0.6 is 0 Å². The molecule has 0 bridgehead atoms. The standard InChI is InChI=1S/C5H5NO4.Li/c1-9-3-2-10-6-4(3)5(7)8;/h2H,1H3,(H,7,8);/q;+1/p-1. The number of carboxylic acids is 1. The second-order valence-corrected chi connectivity index (χ2v) is 1.52. The van der Waals surface area contributed by atoms with Gasteiger partial charge in [0.25, 0.3) is 0 Å². The predicted octanol–water partition coefficient (Wildman–Crippen LogP) is -3.95. The molecule has 1 aromatic rings. The van der Waals surface area contributed by atoms with Crippen LogP contribution in [0.5, 0.6) is 5.75 Å². The fraction of sp³-hybridized carbons (Fsp3) is 0.200. The minimum Gasteiger partial charge on any atom is -0.543 e. The molecule has 1 aromatic heterocycles. The minimum atomic E-state index is -1.41. The molecule has 11 heavy (non-hydrogen) atoms. The van der Waals surface area contributed by atoms with Crippen molar-refractivity contribution < 1.29 is 38.0 Å². The monoisotopic (exact) mass is 149 g/mol. The van der Waals surface area contributed by atoms with Crippen molar-refractivity contribution in [1.29, 1.82) is 0 Å². The third kappa shape index (κ3) is 2.00. The van der Waals surface area contributed by atoms with E-state index >= 15 is 0 Å². The fourth-order valence-electron chi connectivity index (χ4n) is 0.510. The smallest absolute Gasteiger partial charge is 0.543 e. The predicted molar refractivity (Wildman–Crippen MR) is 27.4 cm³/mol. The Bertz CT molecular complexity index is 246. The Hall–Kier alpha value is -0.923. The first-order valence-corrected chi connectivity index (χ1v) is 2.45. The summed E-state index contributed by atoms with van der Waals surface area (Å²) >= 11 is 0. The average Bonchev–Trinajstić information content (AvgIpc) is 2.33. The topological polar surface area (TPSA) is 75.4 Å². The van der Waals surface area contributed by atoms with Crippen LogP contribution in [0.1, 0.15) is 10.5 Å². The van der Waals surface area contributed by atoms with Gasteiger partial charge in [0.05, 0.1) is 13.1 Å². The van der Waals surface area contributed by atoms with Gasteiger partial charge in [-0.3, -0.25) is 0 Å². The van der Waals surface area contributed by atoms with Crippen LogP contribution in [0.15, 0.2) is 10.8 Å². The van der Waals surface area contributed by atoms with Crippen molar-refractivity contribution in [3.63, 3.8) is 0 Å². The Morgan fingerprint density at radius 3 is 2.82 bits per heavy atom. The average molecular weight is 149 g/mol. The number of aromatic nitrogens is 1. The van der Waals surface area contributed by atoms with E-state index in [2.05, 4.69) is 14.4 Å². The molecule has 0 aromatic carbocycles. The minimum absolute atomic E-state index is 0. The van der Waals surface area contributed by atoms with E-state index in [0.717, 1.165) is 6.26 Å². The second-order valence-electron chi connectivity index (χ2n) is 1.52. The van der Waals surface area contributed by atoms with Gasteiger partial charge >= 0.3 is 18.9 Å². The molecular weight excluding hydrogens is 145 g/mol. The van der Waals surface area contributed by atoms with E-state index in [0.29, 0.717) is 0 Å². The molecule has 0 aliphatic carbocycles. The molecule has 1 rings (SSSR count). The Labute approximate surface area is 74.5 Å². The van der Waals surface area contributed by atoms with Crippen LogP contribution in [0.4, 0.5) is 0 Å². The van der Waals surface area contributed by atoms with Gasteiger partial charge in [0.15, 0.2) is 17.7 Å². The molecule has 0 radical (unpaired) electrons. The second kappa shape index (κ2) is 4.06. The van der Waals surface area contributed by atoms with Gasteiger partial charge < -0.3 is 19.2 Å². The molecule has 0 unspecified atom stereocenters. The van der Waals surface area contributed by atoms with Gasteiger partial charge in [0.2, 0.25) is 0 Å². The van der Waals surface area contributed by atoms with E-state index in [1.165, 1.54) is 7.11 Å². The maximum absolute atomic E-state index is 10.1. The molecular formula is C5H4LiNO4. The van der Waals surface area contributed by atoms with Gasteiger partial charge in [0, 0.05) is 0 Å². The number of nitrogens with zero attached hydrogens (tertiary/aromatic N) is 1. The van der Waals surface area contributed by atoms with Crippen molar-refractivity contribution in [2.24, 2.45) is 0 Å². The van der Waals surface area contributed by atoms with Gasteiger partial charge in [-0.15, -0.1) is 0 Å². The Morgan fingerprint density at radius 1 is 1.82 bits per heavy atom. The van der Waals surface area contributed by atoms with Crippen LogP contribution in [0.2, 0.25) is 0 Å². The molecule has 0 N–H and O–H groups in total. The number of hydrogen-bond acceptors (Lipinski definition) is 5. The van der Waals surface area contributed by atoms with Gasteiger partial charge in [-0.05, 0) is 0 Å². The molecule has 0 saturated carbocycles. The third-order valence-electron chi connectivity index (χ3n) is 0.950. The molecule has 5 nitrogen and oxygen atoms in total. The van der Waals surface area contributed by atoms with E-state index < -0.39 is 5.97 Å². The maximum Gasteiger partial charge on any atom is 1.00 e. The van der Waals surface area contributed by atoms with Crippen molar-refractivity contribution in [2.45, 2.75) is 0 Å². The van der Waals surface area contributed by atoms with Crippen LogP contribution in [-0.2, 0) is 0 Å². The van der Waals surface area contributed by atoms with Crippen LogP contribution in [0, 0.1) is 0 Å². The Kier molecular flexibility index (Phi) is 3.72. The van der Waals surface area contributed by atoms with Crippen molar-refractivity contribution in [2.75, 3.05) is 7.11 Å².